The third-order valence-corrected chi connectivity index (χ3v) is 4.82. The number of thioether (sulfide) groups is 1. The number of hydrazine groups is 1. The van der Waals surface area contributed by atoms with Crippen LogP contribution in [0.4, 0.5) is 16.0 Å². The Morgan fingerprint density at radius 1 is 1.29 bits per heavy atom. The van der Waals surface area contributed by atoms with Crippen molar-refractivity contribution in [1.82, 2.24) is 20.3 Å². The molecule has 1 aromatic carbocycles. The molecule has 0 radical (unpaired) electrons. The molecule has 0 aliphatic rings. The highest BCUT2D eigenvalue weighted by Crippen LogP contribution is 2.31. The summed E-state index contributed by atoms with van der Waals surface area (Å²) in [6, 6.07) is 8.35. The zero-order valence-electron chi connectivity index (χ0n) is 16.9. The van der Waals surface area contributed by atoms with Gasteiger partial charge in [0, 0.05) is 19.8 Å². The van der Waals surface area contributed by atoms with Crippen molar-refractivity contribution in [3.05, 3.63) is 59.8 Å². The van der Waals surface area contributed by atoms with Crippen molar-refractivity contribution in [1.29, 1.82) is 0 Å². The molecule has 2 aromatic rings. The summed E-state index contributed by atoms with van der Waals surface area (Å²) in [4.78, 5) is 0. The Bertz CT molecular complexity index is 802. The van der Waals surface area contributed by atoms with E-state index in [0.717, 1.165) is 29.5 Å². The van der Waals surface area contributed by atoms with E-state index in [1.54, 1.807) is 16.8 Å². The molecule has 0 saturated heterocycles. The first-order valence-corrected chi connectivity index (χ1v) is 10.4. The van der Waals surface area contributed by atoms with Crippen LogP contribution in [0.15, 0.2) is 53.7 Å². The maximum Gasteiger partial charge on any atom is 0.151 e. The van der Waals surface area contributed by atoms with Crippen LogP contribution in [-0.2, 0) is 13.5 Å². The number of aryl methyl sites for hydroxylation is 2. The summed E-state index contributed by atoms with van der Waals surface area (Å²) >= 11 is 1.53. The minimum Gasteiger partial charge on any atom is -0.349 e. The number of nitrogens with zero attached hydrogens (tertiary/aromatic N) is 3. The fourth-order valence-electron chi connectivity index (χ4n) is 2.65. The van der Waals surface area contributed by atoms with Gasteiger partial charge in [0.25, 0.3) is 0 Å². The molecular formula is C20H29FN6S. The number of allylic oxidation sites excluding steroid dienone is 3. The fraction of sp³-hybridized carbons (Fsp3) is 0.350. The van der Waals surface area contributed by atoms with Gasteiger partial charge in [0.2, 0.25) is 0 Å². The number of nitrogens with one attached hydrogen (secondary N) is 3. The van der Waals surface area contributed by atoms with Gasteiger partial charge in [0.15, 0.2) is 5.82 Å². The molecule has 8 heteroatoms. The van der Waals surface area contributed by atoms with Gasteiger partial charge in [-0.2, -0.15) is 10.2 Å². The van der Waals surface area contributed by atoms with Crippen molar-refractivity contribution < 1.29 is 4.48 Å². The highest BCUT2D eigenvalue weighted by molar-refractivity contribution is 7.98. The first-order valence-electron chi connectivity index (χ1n) is 9.17. The Morgan fingerprint density at radius 2 is 2.07 bits per heavy atom. The molecule has 0 bridgehead atoms. The first-order chi connectivity index (χ1) is 13.6. The molecule has 0 saturated carbocycles. The lowest BCUT2D eigenvalue weighted by Gasteiger charge is -2.15. The van der Waals surface area contributed by atoms with Gasteiger partial charge in [-0.15, -0.1) is 11.8 Å². The molecule has 0 unspecified atom stereocenters. The monoisotopic (exact) mass is 404 g/mol. The summed E-state index contributed by atoms with van der Waals surface area (Å²) in [6.45, 7) is 4.77. The topological polar surface area (TPSA) is 57.1 Å². The van der Waals surface area contributed by atoms with E-state index < -0.39 is 0 Å². The van der Waals surface area contributed by atoms with E-state index in [-0.39, 0.29) is 6.67 Å². The van der Waals surface area contributed by atoms with Crippen molar-refractivity contribution in [2.75, 3.05) is 30.2 Å². The second-order valence-electron chi connectivity index (χ2n) is 6.19. The van der Waals surface area contributed by atoms with Gasteiger partial charge < -0.3 is 10.7 Å². The number of anilines is 2. The second-order valence-corrected chi connectivity index (χ2v) is 6.98. The molecule has 6 nitrogen and oxygen atoms in total. The molecule has 0 spiro atoms. The second kappa shape index (κ2) is 11.4. The molecule has 0 aliphatic carbocycles. The van der Waals surface area contributed by atoms with E-state index in [4.69, 9.17) is 0 Å². The van der Waals surface area contributed by atoms with Crippen LogP contribution < -0.4 is 16.2 Å². The molecule has 0 amide bonds. The zero-order valence-corrected chi connectivity index (χ0v) is 17.7. The van der Waals surface area contributed by atoms with Crippen molar-refractivity contribution in [3.63, 3.8) is 0 Å². The van der Waals surface area contributed by atoms with Gasteiger partial charge >= 0.3 is 0 Å². The van der Waals surface area contributed by atoms with Crippen LogP contribution in [0.1, 0.15) is 18.1 Å². The van der Waals surface area contributed by atoms with E-state index >= 15 is 0 Å². The molecular weight excluding hydrogens is 375 g/mol. The molecule has 0 aliphatic heterocycles. The smallest absolute Gasteiger partial charge is 0.151 e. The van der Waals surface area contributed by atoms with Crippen LogP contribution in [0.25, 0.3) is 0 Å². The van der Waals surface area contributed by atoms with E-state index in [1.807, 2.05) is 32.4 Å². The minimum absolute atomic E-state index is 0.0132. The quantitative estimate of drug-likeness (QED) is 0.130. The molecule has 28 heavy (non-hydrogen) atoms. The fourth-order valence-corrected chi connectivity index (χ4v) is 3.21. The van der Waals surface area contributed by atoms with Gasteiger partial charge in [-0.05, 0) is 43.7 Å². The number of halogens is 1. The van der Waals surface area contributed by atoms with Gasteiger partial charge in [-0.1, -0.05) is 40.9 Å². The Balaban J connectivity index is 1.95. The van der Waals surface area contributed by atoms with Crippen LogP contribution in [0.2, 0.25) is 0 Å². The molecule has 1 aromatic heterocycles. The summed E-state index contributed by atoms with van der Waals surface area (Å²) in [5.41, 5.74) is 9.89. The average molecular weight is 405 g/mol. The average Bonchev–Trinajstić information content (AvgIpc) is 2.99. The maximum absolute atomic E-state index is 13.9. The predicted molar refractivity (Wildman–Crippen MR) is 117 cm³/mol. The largest absolute Gasteiger partial charge is 0.349 e. The Morgan fingerprint density at radius 3 is 2.79 bits per heavy atom. The Hall–Kier alpha value is -2.45. The van der Waals surface area contributed by atoms with E-state index in [1.165, 1.54) is 29.1 Å². The molecule has 1 heterocycles. The maximum atomic E-state index is 13.9. The van der Waals surface area contributed by atoms with Gasteiger partial charge in [-0.3, -0.25) is 0 Å². The summed E-state index contributed by atoms with van der Waals surface area (Å²) in [5.74, 6) is 0.717. The van der Waals surface area contributed by atoms with Crippen molar-refractivity contribution >= 4 is 23.3 Å². The van der Waals surface area contributed by atoms with Crippen molar-refractivity contribution in [3.8, 4) is 0 Å². The number of rotatable bonds is 11. The van der Waals surface area contributed by atoms with Crippen LogP contribution in [-0.4, -0.2) is 34.4 Å². The lowest BCUT2D eigenvalue weighted by atomic mass is 10.1. The lowest BCUT2D eigenvalue weighted by molar-refractivity contribution is 0.100. The van der Waals surface area contributed by atoms with Gasteiger partial charge in [-0.25, -0.2) is 10.1 Å². The molecule has 2 rings (SSSR count). The molecule has 0 atom stereocenters. The van der Waals surface area contributed by atoms with E-state index in [2.05, 4.69) is 46.4 Å². The van der Waals surface area contributed by atoms with E-state index in [9.17, 15) is 4.48 Å². The molecule has 3 N–H and O–H groups in total. The highest BCUT2D eigenvalue weighted by atomic mass is 32.2. The number of hydrogen-bond acceptors (Lipinski definition) is 6. The molecule has 152 valence electrons. The summed E-state index contributed by atoms with van der Waals surface area (Å²) in [5, 5.41) is 8.99. The zero-order chi connectivity index (χ0) is 20.4. The number of benzene rings is 1. The highest BCUT2D eigenvalue weighted by Gasteiger charge is 2.15. The predicted octanol–water partition coefficient (Wildman–Crippen LogP) is 4.26. The SMILES string of the molecule is C/C=C\C=C/N(F)CNc1c(NNCCc2ccccc2C)c(SC)nn1C. The lowest BCUT2D eigenvalue weighted by Crippen LogP contribution is -2.26. The van der Waals surface area contributed by atoms with Crippen molar-refractivity contribution in [2.24, 2.45) is 7.05 Å². The summed E-state index contributed by atoms with van der Waals surface area (Å²) < 4.78 is 15.6. The van der Waals surface area contributed by atoms with Gasteiger partial charge in [0.05, 0.1) is 0 Å². The number of hydrogen-bond donors (Lipinski definition) is 3. The minimum atomic E-state index is 0.0132. The van der Waals surface area contributed by atoms with Crippen LogP contribution in [0, 0.1) is 6.92 Å². The Kier molecular flexibility index (Phi) is 8.90. The standard InChI is InChI=1S/C20H29FN6S/c1-5-6-9-14-27(21)15-22-19-18(20(28-4)25-26(19)3)24-23-13-12-17-11-8-7-10-16(17)2/h5-11,14,22-24H,12-13,15H2,1-4H3/b6-5-,14-9-. The number of aromatic nitrogens is 2. The molecule has 0 fully saturated rings. The van der Waals surface area contributed by atoms with Crippen molar-refractivity contribution in [2.45, 2.75) is 25.3 Å². The normalized spacial score (nSPS) is 11.5. The Labute approximate surface area is 170 Å². The van der Waals surface area contributed by atoms with Crippen LogP contribution in [0.3, 0.4) is 0 Å². The van der Waals surface area contributed by atoms with E-state index in [0.29, 0.717) is 5.12 Å². The summed E-state index contributed by atoms with van der Waals surface area (Å²) in [7, 11) is 1.83. The van der Waals surface area contributed by atoms with Crippen LogP contribution in [0.5, 0.6) is 0 Å². The summed E-state index contributed by atoms with van der Waals surface area (Å²) in [6.07, 6.45) is 9.50. The third-order valence-electron chi connectivity index (χ3n) is 4.15. The van der Waals surface area contributed by atoms with Gasteiger partial charge in [0.1, 0.15) is 17.4 Å². The first kappa shape index (κ1) is 21.8. The van der Waals surface area contributed by atoms with Crippen LogP contribution >= 0.6 is 11.8 Å². The third kappa shape index (κ3) is 6.31.